The normalized spacial score (nSPS) is 9.81. The van der Waals surface area contributed by atoms with Gasteiger partial charge in [-0.15, -0.1) is 6.42 Å². The molecular weight excluding hydrogens is 344 g/mol. The molecule has 0 spiro atoms. The molecule has 7 nitrogen and oxygen atoms in total. The Kier molecular flexibility index (Phi) is 6.67. The molecule has 0 aliphatic rings. The fraction of sp³-hybridized carbons (Fsp3) is 0.200. The molecule has 2 aromatic heterocycles. The van der Waals surface area contributed by atoms with Crippen molar-refractivity contribution >= 4 is 28.5 Å². The summed E-state index contributed by atoms with van der Waals surface area (Å²) in [5, 5.41) is 3.63. The van der Waals surface area contributed by atoms with Crippen LogP contribution < -0.4 is 21.5 Å². The standard InChI is InChI=1S/C18H16N4O3.C2H6/c1-2-7-24-12-4-3-11-8-13(25-15(11)9-12)10-21-18(23)14-5-6-16(19)22-17(14)20;1-2/h1,3-6,8-9H,7,10H2,(H,21,23)(H4,19,20,22);1-2H3. The quantitative estimate of drug-likeness (QED) is 0.598. The van der Waals surface area contributed by atoms with Crippen LogP contribution in [0.1, 0.15) is 30.0 Å². The number of nitrogen functional groups attached to an aromatic ring is 2. The number of nitrogens with one attached hydrogen (secondary N) is 1. The van der Waals surface area contributed by atoms with Crippen molar-refractivity contribution in [2.24, 2.45) is 0 Å². The van der Waals surface area contributed by atoms with E-state index in [9.17, 15) is 4.79 Å². The summed E-state index contributed by atoms with van der Waals surface area (Å²) in [5.41, 5.74) is 12.1. The van der Waals surface area contributed by atoms with Crippen molar-refractivity contribution in [2.75, 3.05) is 18.1 Å². The van der Waals surface area contributed by atoms with E-state index in [2.05, 4.69) is 16.2 Å². The van der Waals surface area contributed by atoms with Gasteiger partial charge >= 0.3 is 0 Å². The number of furan rings is 1. The highest BCUT2D eigenvalue weighted by atomic mass is 16.5. The number of aromatic nitrogens is 1. The number of nitrogens with two attached hydrogens (primary N) is 2. The number of amides is 1. The maximum Gasteiger partial charge on any atom is 0.255 e. The fourth-order valence-electron chi connectivity index (χ4n) is 2.31. The average molecular weight is 366 g/mol. The average Bonchev–Trinajstić information content (AvgIpc) is 3.08. The van der Waals surface area contributed by atoms with Gasteiger partial charge in [-0.1, -0.05) is 19.8 Å². The highest BCUT2D eigenvalue weighted by Crippen LogP contribution is 2.24. The molecule has 3 rings (SSSR count). The minimum Gasteiger partial charge on any atom is -0.481 e. The number of carbonyl (C=O) groups excluding carboxylic acids is 1. The van der Waals surface area contributed by atoms with Gasteiger partial charge in [0.05, 0.1) is 12.1 Å². The molecule has 0 aliphatic carbocycles. The predicted molar refractivity (Wildman–Crippen MR) is 106 cm³/mol. The number of rotatable bonds is 5. The van der Waals surface area contributed by atoms with Gasteiger partial charge in [-0.05, 0) is 30.3 Å². The molecule has 1 aromatic carbocycles. The van der Waals surface area contributed by atoms with Crippen LogP contribution in [0.4, 0.5) is 11.6 Å². The van der Waals surface area contributed by atoms with Crippen LogP contribution in [0.5, 0.6) is 5.75 Å². The topological polar surface area (TPSA) is 116 Å². The van der Waals surface area contributed by atoms with Gasteiger partial charge in [-0.3, -0.25) is 4.79 Å². The fourth-order valence-corrected chi connectivity index (χ4v) is 2.31. The van der Waals surface area contributed by atoms with Crippen LogP contribution in [-0.2, 0) is 6.54 Å². The van der Waals surface area contributed by atoms with Gasteiger partial charge in [0, 0.05) is 11.5 Å². The van der Waals surface area contributed by atoms with Crippen LogP contribution >= 0.6 is 0 Å². The SMILES string of the molecule is C#CCOc1ccc2cc(CNC(=O)c3ccc(N)nc3N)oc2c1.CC. The Morgan fingerprint density at radius 3 is 2.74 bits per heavy atom. The number of nitrogens with zero attached hydrogens (tertiary/aromatic N) is 1. The van der Waals surface area contributed by atoms with Gasteiger partial charge in [0.1, 0.15) is 35.3 Å². The molecule has 0 radical (unpaired) electrons. The van der Waals surface area contributed by atoms with E-state index in [1.807, 2.05) is 26.0 Å². The lowest BCUT2D eigenvalue weighted by Crippen LogP contribution is -2.24. The predicted octanol–water partition coefficient (Wildman–Crippen LogP) is 2.96. The van der Waals surface area contributed by atoms with E-state index >= 15 is 0 Å². The Hall–Kier alpha value is -3.66. The van der Waals surface area contributed by atoms with E-state index in [1.54, 1.807) is 12.1 Å². The largest absolute Gasteiger partial charge is 0.481 e. The summed E-state index contributed by atoms with van der Waals surface area (Å²) in [4.78, 5) is 16.0. The van der Waals surface area contributed by atoms with E-state index < -0.39 is 0 Å². The van der Waals surface area contributed by atoms with E-state index in [0.717, 1.165) is 5.39 Å². The van der Waals surface area contributed by atoms with E-state index in [1.165, 1.54) is 12.1 Å². The summed E-state index contributed by atoms with van der Waals surface area (Å²) >= 11 is 0. The first kappa shape index (κ1) is 19.7. The van der Waals surface area contributed by atoms with Crippen molar-refractivity contribution in [1.29, 1.82) is 0 Å². The van der Waals surface area contributed by atoms with Crippen molar-refractivity contribution in [3.8, 4) is 18.1 Å². The second-order valence-electron chi connectivity index (χ2n) is 5.26. The van der Waals surface area contributed by atoms with Gasteiger partial charge < -0.3 is 25.9 Å². The molecule has 0 saturated heterocycles. The first-order chi connectivity index (χ1) is 13.1. The van der Waals surface area contributed by atoms with Gasteiger partial charge in [-0.2, -0.15) is 0 Å². The zero-order valence-electron chi connectivity index (χ0n) is 15.3. The number of pyridine rings is 1. The van der Waals surface area contributed by atoms with Crippen molar-refractivity contribution in [3.63, 3.8) is 0 Å². The number of carbonyl (C=O) groups is 1. The first-order valence-electron chi connectivity index (χ1n) is 8.46. The van der Waals surface area contributed by atoms with Crippen molar-refractivity contribution in [2.45, 2.75) is 20.4 Å². The van der Waals surface area contributed by atoms with Crippen molar-refractivity contribution in [1.82, 2.24) is 10.3 Å². The monoisotopic (exact) mass is 366 g/mol. The van der Waals surface area contributed by atoms with Gasteiger partial charge in [0.2, 0.25) is 0 Å². The molecule has 1 amide bonds. The van der Waals surface area contributed by atoms with E-state index in [0.29, 0.717) is 17.1 Å². The molecule has 27 heavy (non-hydrogen) atoms. The molecule has 5 N–H and O–H groups in total. The Balaban J connectivity index is 0.00000126. The molecule has 2 heterocycles. The maximum atomic E-state index is 12.2. The van der Waals surface area contributed by atoms with Gasteiger partial charge in [0.15, 0.2) is 0 Å². The van der Waals surface area contributed by atoms with Crippen LogP contribution in [0, 0.1) is 12.3 Å². The lowest BCUT2D eigenvalue weighted by molar-refractivity contribution is 0.0949. The minimum atomic E-state index is -0.358. The zero-order chi connectivity index (χ0) is 19.8. The highest BCUT2D eigenvalue weighted by Gasteiger charge is 2.12. The lowest BCUT2D eigenvalue weighted by atomic mass is 10.2. The Morgan fingerprint density at radius 2 is 2.04 bits per heavy atom. The molecule has 0 atom stereocenters. The zero-order valence-corrected chi connectivity index (χ0v) is 15.3. The third-order valence-corrected chi connectivity index (χ3v) is 3.48. The molecule has 0 unspecified atom stereocenters. The maximum absolute atomic E-state index is 12.2. The number of hydrogen-bond donors (Lipinski definition) is 3. The summed E-state index contributed by atoms with van der Waals surface area (Å²) in [6.45, 7) is 4.39. The Morgan fingerprint density at radius 1 is 1.26 bits per heavy atom. The number of benzene rings is 1. The molecule has 3 aromatic rings. The number of hydrogen-bond acceptors (Lipinski definition) is 6. The van der Waals surface area contributed by atoms with Crippen molar-refractivity contribution < 1.29 is 13.9 Å². The van der Waals surface area contributed by atoms with Crippen molar-refractivity contribution in [3.05, 3.63) is 47.7 Å². The summed E-state index contributed by atoms with van der Waals surface area (Å²) < 4.78 is 11.1. The third kappa shape index (κ3) is 4.92. The molecule has 0 saturated carbocycles. The number of fused-ring (bicyclic) bond motifs is 1. The smallest absolute Gasteiger partial charge is 0.255 e. The second kappa shape index (κ2) is 9.15. The molecule has 140 valence electrons. The summed E-state index contributed by atoms with van der Waals surface area (Å²) in [6.07, 6.45) is 5.17. The summed E-state index contributed by atoms with van der Waals surface area (Å²) in [5.74, 6) is 3.60. The minimum absolute atomic E-state index is 0.0809. The molecule has 0 aliphatic heterocycles. The van der Waals surface area contributed by atoms with Crippen LogP contribution in [0.2, 0.25) is 0 Å². The van der Waals surface area contributed by atoms with E-state index in [4.69, 9.17) is 27.0 Å². The first-order valence-corrected chi connectivity index (χ1v) is 8.46. The van der Waals surface area contributed by atoms with Crippen LogP contribution in [-0.4, -0.2) is 17.5 Å². The van der Waals surface area contributed by atoms with Crippen LogP contribution in [0.3, 0.4) is 0 Å². The van der Waals surface area contributed by atoms with Gasteiger partial charge in [-0.25, -0.2) is 4.98 Å². The van der Waals surface area contributed by atoms with Gasteiger partial charge in [0.25, 0.3) is 5.91 Å². The number of ether oxygens (including phenoxy) is 1. The molecule has 0 bridgehead atoms. The van der Waals surface area contributed by atoms with Crippen LogP contribution in [0.15, 0.2) is 40.8 Å². The number of terminal acetylenes is 1. The molecular formula is C20H22N4O3. The summed E-state index contributed by atoms with van der Waals surface area (Å²) in [6, 6.07) is 10.3. The Bertz CT molecular complexity index is 973. The third-order valence-electron chi connectivity index (χ3n) is 3.48. The molecule has 0 fully saturated rings. The Labute approximate surface area is 157 Å². The number of anilines is 2. The lowest BCUT2D eigenvalue weighted by Gasteiger charge is -2.06. The molecule has 7 heteroatoms. The summed E-state index contributed by atoms with van der Waals surface area (Å²) in [7, 11) is 0. The van der Waals surface area contributed by atoms with E-state index in [-0.39, 0.29) is 36.3 Å². The highest BCUT2D eigenvalue weighted by molar-refractivity contribution is 5.98. The second-order valence-corrected chi connectivity index (χ2v) is 5.26. The van der Waals surface area contributed by atoms with Crippen LogP contribution in [0.25, 0.3) is 11.0 Å².